The fraction of sp³-hybridized carbons (Fsp3) is 0.464. The summed E-state index contributed by atoms with van der Waals surface area (Å²) in [5, 5.41) is 12.4. The lowest BCUT2D eigenvalue weighted by atomic mass is 9.79. The van der Waals surface area contributed by atoms with Crippen LogP contribution in [0.3, 0.4) is 0 Å². The van der Waals surface area contributed by atoms with Gasteiger partial charge in [0.25, 0.3) is 5.56 Å². The zero-order chi connectivity index (χ0) is 26.1. The van der Waals surface area contributed by atoms with Gasteiger partial charge in [0.2, 0.25) is 11.9 Å². The lowest BCUT2D eigenvalue weighted by Gasteiger charge is -2.27. The Hall–Kier alpha value is -3.75. The lowest BCUT2D eigenvalue weighted by Crippen LogP contribution is -2.28. The van der Waals surface area contributed by atoms with Crippen molar-refractivity contribution in [3.8, 4) is 11.6 Å². The first kappa shape index (κ1) is 24.9. The van der Waals surface area contributed by atoms with Crippen LogP contribution in [0.15, 0.2) is 35.3 Å². The number of nitrogens with one attached hydrogen (secondary N) is 2. The van der Waals surface area contributed by atoms with Crippen molar-refractivity contribution in [3.05, 3.63) is 57.6 Å². The van der Waals surface area contributed by atoms with Gasteiger partial charge in [-0.05, 0) is 75.6 Å². The molecule has 1 aromatic carbocycles. The maximum Gasteiger partial charge on any atom is 0.263 e. The molecule has 37 heavy (non-hydrogen) atoms. The number of aryl methyl sites for hydroxylation is 3. The van der Waals surface area contributed by atoms with Crippen molar-refractivity contribution in [1.82, 2.24) is 29.5 Å². The molecule has 3 aromatic heterocycles. The molecule has 0 unspecified atom stereocenters. The Morgan fingerprint density at radius 3 is 2.59 bits per heavy atom. The SMILES string of the molecule is CCCCC1CCC(C(=O)Nc2cc(C)nn2-c2nc3c(cnn3-c3ccc(C)c(C)c3)c(=O)[nH]2)CC1. The molecule has 0 spiro atoms. The predicted octanol–water partition coefficient (Wildman–Crippen LogP) is 5.15. The number of benzene rings is 1. The van der Waals surface area contributed by atoms with Gasteiger partial charge in [-0.1, -0.05) is 32.3 Å². The highest BCUT2D eigenvalue weighted by Gasteiger charge is 2.27. The van der Waals surface area contributed by atoms with Gasteiger partial charge in [-0.25, -0.2) is 4.68 Å². The first-order valence-corrected chi connectivity index (χ1v) is 13.3. The van der Waals surface area contributed by atoms with E-state index in [9.17, 15) is 9.59 Å². The number of unbranched alkanes of at least 4 members (excludes halogenated alkanes) is 1. The van der Waals surface area contributed by atoms with Crippen molar-refractivity contribution in [3.63, 3.8) is 0 Å². The van der Waals surface area contributed by atoms with Gasteiger partial charge in [0.1, 0.15) is 11.2 Å². The number of amides is 1. The van der Waals surface area contributed by atoms with Crippen LogP contribution in [0.5, 0.6) is 0 Å². The van der Waals surface area contributed by atoms with Crippen molar-refractivity contribution >= 4 is 22.8 Å². The summed E-state index contributed by atoms with van der Waals surface area (Å²) in [6.07, 6.45) is 9.28. The van der Waals surface area contributed by atoms with Gasteiger partial charge in [-0.3, -0.25) is 14.6 Å². The van der Waals surface area contributed by atoms with E-state index >= 15 is 0 Å². The molecule has 5 rings (SSSR count). The van der Waals surface area contributed by atoms with E-state index in [1.807, 2.05) is 32.0 Å². The molecule has 1 fully saturated rings. The van der Waals surface area contributed by atoms with Gasteiger partial charge in [0.05, 0.1) is 17.6 Å². The van der Waals surface area contributed by atoms with E-state index in [0.717, 1.165) is 42.9 Å². The van der Waals surface area contributed by atoms with Gasteiger partial charge < -0.3 is 5.32 Å². The summed E-state index contributed by atoms with van der Waals surface area (Å²) in [5.74, 6) is 1.45. The third-order valence-corrected chi connectivity index (χ3v) is 7.63. The minimum absolute atomic E-state index is 0.00121. The largest absolute Gasteiger partial charge is 0.310 e. The Labute approximate surface area is 216 Å². The molecule has 0 aliphatic heterocycles. The Bertz CT molecular complexity index is 1490. The summed E-state index contributed by atoms with van der Waals surface area (Å²) < 4.78 is 3.16. The molecule has 9 heteroatoms. The molecule has 1 saturated carbocycles. The van der Waals surface area contributed by atoms with E-state index in [2.05, 4.69) is 34.3 Å². The zero-order valence-corrected chi connectivity index (χ0v) is 22.0. The summed E-state index contributed by atoms with van der Waals surface area (Å²) >= 11 is 0. The fourth-order valence-corrected chi connectivity index (χ4v) is 5.24. The molecular weight excluding hydrogens is 466 g/mol. The number of carbonyl (C=O) groups is 1. The van der Waals surface area contributed by atoms with Crippen molar-refractivity contribution in [1.29, 1.82) is 0 Å². The number of nitrogens with zero attached hydrogens (tertiary/aromatic N) is 5. The van der Waals surface area contributed by atoms with Crippen molar-refractivity contribution < 1.29 is 4.79 Å². The van der Waals surface area contributed by atoms with Gasteiger partial charge in [-0.15, -0.1) is 0 Å². The average Bonchev–Trinajstić information content (AvgIpc) is 3.48. The highest BCUT2D eigenvalue weighted by atomic mass is 16.2. The molecule has 4 aromatic rings. The van der Waals surface area contributed by atoms with Crippen LogP contribution < -0.4 is 10.9 Å². The fourth-order valence-electron chi connectivity index (χ4n) is 5.24. The Morgan fingerprint density at radius 2 is 1.86 bits per heavy atom. The van der Waals surface area contributed by atoms with Crippen LogP contribution >= 0.6 is 0 Å². The molecule has 2 N–H and O–H groups in total. The van der Waals surface area contributed by atoms with Crippen molar-refractivity contribution in [2.45, 2.75) is 72.6 Å². The Kier molecular flexibility index (Phi) is 6.95. The van der Waals surface area contributed by atoms with Gasteiger partial charge >= 0.3 is 0 Å². The second kappa shape index (κ2) is 10.3. The molecule has 0 bridgehead atoms. The highest BCUT2D eigenvalue weighted by Crippen LogP contribution is 2.32. The molecule has 194 valence electrons. The number of rotatable bonds is 7. The first-order chi connectivity index (χ1) is 17.8. The predicted molar refractivity (Wildman–Crippen MR) is 144 cm³/mol. The van der Waals surface area contributed by atoms with Crippen LogP contribution in [0.4, 0.5) is 5.82 Å². The van der Waals surface area contributed by atoms with E-state index in [-0.39, 0.29) is 23.3 Å². The van der Waals surface area contributed by atoms with Crippen LogP contribution in [0, 0.1) is 32.6 Å². The number of hydrogen-bond donors (Lipinski definition) is 2. The topological polar surface area (TPSA) is 110 Å². The molecular formula is C28H35N7O2. The van der Waals surface area contributed by atoms with E-state index in [4.69, 9.17) is 4.98 Å². The molecule has 0 atom stereocenters. The summed E-state index contributed by atoms with van der Waals surface area (Å²) in [6.45, 7) is 8.16. The number of H-pyrrole nitrogens is 1. The molecule has 3 heterocycles. The molecule has 9 nitrogen and oxygen atoms in total. The van der Waals surface area contributed by atoms with Crippen LogP contribution in [0.2, 0.25) is 0 Å². The maximum absolute atomic E-state index is 13.2. The molecule has 1 amide bonds. The highest BCUT2D eigenvalue weighted by molar-refractivity contribution is 5.92. The Balaban J connectivity index is 1.42. The van der Waals surface area contributed by atoms with E-state index in [0.29, 0.717) is 22.5 Å². The molecule has 0 saturated heterocycles. The number of aromatic nitrogens is 6. The van der Waals surface area contributed by atoms with E-state index in [1.54, 1.807) is 10.7 Å². The summed E-state index contributed by atoms with van der Waals surface area (Å²) in [4.78, 5) is 33.6. The van der Waals surface area contributed by atoms with E-state index in [1.165, 1.54) is 35.7 Å². The number of hydrogen-bond acceptors (Lipinski definition) is 5. The van der Waals surface area contributed by atoms with Crippen LogP contribution in [-0.4, -0.2) is 35.4 Å². The van der Waals surface area contributed by atoms with Gasteiger partial charge in [0.15, 0.2) is 5.65 Å². The monoisotopic (exact) mass is 501 g/mol. The minimum atomic E-state index is -0.314. The minimum Gasteiger partial charge on any atom is -0.310 e. The smallest absolute Gasteiger partial charge is 0.263 e. The first-order valence-electron chi connectivity index (χ1n) is 13.3. The summed E-state index contributed by atoms with van der Waals surface area (Å²) in [5.41, 5.74) is 3.95. The normalized spacial score (nSPS) is 17.8. The van der Waals surface area contributed by atoms with Crippen molar-refractivity contribution in [2.75, 3.05) is 5.32 Å². The number of fused-ring (bicyclic) bond motifs is 1. The number of aromatic amines is 1. The second-order valence-electron chi connectivity index (χ2n) is 10.4. The zero-order valence-electron chi connectivity index (χ0n) is 22.0. The quantitative estimate of drug-likeness (QED) is 0.364. The maximum atomic E-state index is 13.2. The van der Waals surface area contributed by atoms with Crippen LogP contribution in [-0.2, 0) is 4.79 Å². The lowest BCUT2D eigenvalue weighted by molar-refractivity contribution is -0.121. The third-order valence-electron chi connectivity index (χ3n) is 7.63. The molecule has 1 aliphatic rings. The second-order valence-corrected chi connectivity index (χ2v) is 10.4. The Morgan fingerprint density at radius 1 is 1.08 bits per heavy atom. The standard InChI is InChI=1S/C28H35N7O2/c1-5-6-7-20-9-11-21(12-10-20)26(36)30-24-15-19(4)33-35(24)28-31-25-23(27(37)32-28)16-29-34(25)22-13-8-17(2)18(3)14-22/h8,13-16,20-21H,5-7,9-12H2,1-4H3,(H,30,36)(H,31,32,37). The average molecular weight is 502 g/mol. The number of carbonyl (C=O) groups excluding carboxylic acids is 1. The van der Waals surface area contributed by atoms with Crippen LogP contribution in [0.25, 0.3) is 22.7 Å². The third kappa shape index (κ3) is 5.08. The van der Waals surface area contributed by atoms with E-state index < -0.39 is 0 Å². The molecule has 0 radical (unpaired) electrons. The van der Waals surface area contributed by atoms with Crippen molar-refractivity contribution in [2.24, 2.45) is 11.8 Å². The van der Waals surface area contributed by atoms with Crippen LogP contribution in [0.1, 0.15) is 68.7 Å². The van der Waals surface area contributed by atoms with Gasteiger partial charge in [0, 0.05) is 12.0 Å². The number of anilines is 1. The summed E-state index contributed by atoms with van der Waals surface area (Å²) in [7, 11) is 0. The summed E-state index contributed by atoms with van der Waals surface area (Å²) in [6, 6.07) is 7.80. The molecule has 1 aliphatic carbocycles. The van der Waals surface area contributed by atoms with Gasteiger partial charge in [-0.2, -0.15) is 19.9 Å².